The van der Waals surface area contributed by atoms with E-state index in [2.05, 4.69) is 6.92 Å². The van der Waals surface area contributed by atoms with E-state index in [0.29, 0.717) is 0 Å². The smallest absolute Gasteiger partial charge is 0.320 e. The molecule has 1 aromatic rings. The number of likely N-dealkylation sites (tertiary alicyclic amines) is 1. The Kier molecular flexibility index (Phi) is 4.33. The molecule has 1 aliphatic rings. The van der Waals surface area contributed by atoms with Crippen molar-refractivity contribution in [2.45, 2.75) is 25.4 Å². The Hall–Kier alpha value is -1.06. The average Bonchev–Trinajstić information content (AvgIpc) is 2.16. The fraction of sp³-hybridized carbons (Fsp3) is 0.417. The number of benzene rings is 1. The maximum Gasteiger partial charge on any atom is 0.320 e. The van der Waals surface area contributed by atoms with Gasteiger partial charge in [0.1, 0.15) is 6.04 Å². The molecule has 0 aliphatic carbocycles. The van der Waals surface area contributed by atoms with Gasteiger partial charge in [0, 0.05) is 12.6 Å². The van der Waals surface area contributed by atoms with E-state index in [4.69, 9.17) is 5.11 Å². The largest absolute Gasteiger partial charge is 0.480 e. The molecule has 16 heavy (non-hydrogen) atoms. The molecule has 1 heterocycles. The molecule has 2 atom stereocenters. The van der Waals surface area contributed by atoms with E-state index in [-0.39, 0.29) is 24.5 Å². The molecule has 4 heteroatoms. The second-order valence-electron chi connectivity index (χ2n) is 3.97. The van der Waals surface area contributed by atoms with Crippen molar-refractivity contribution in [3.8, 4) is 0 Å². The monoisotopic (exact) mass is 241 g/mol. The van der Waals surface area contributed by atoms with Crippen molar-refractivity contribution < 1.29 is 9.90 Å². The lowest BCUT2D eigenvalue weighted by molar-refractivity contribution is -0.150. The Morgan fingerprint density at radius 3 is 2.50 bits per heavy atom. The van der Waals surface area contributed by atoms with Gasteiger partial charge in [-0.15, -0.1) is 12.4 Å². The topological polar surface area (TPSA) is 40.5 Å². The first kappa shape index (κ1) is 13.0. The molecule has 1 aromatic carbocycles. The minimum Gasteiger partial charge on any atom is -0.480 e. The number of nitrogens with zero attached hydrogens (tertiary/aromatic N) is 1. The summed E-state index contributed by atoms with van der Waals surface area (Å²) < 4.78 is 0. The molecule has 1 aliphatic heterocycles. The first-order chi connectivity index (χ1) is 7.20. The molecular formula is C12H16ClNO2. The molecule has 2 rings (SSSR count). The Morgan fingerprint density at radius 1 is 1.44 bits per heavy atom. The lowest BCUT2D eigenvalue weighted by Crippen LogP contribution is -2.53. The molecule has 0 saturated carbocycles. The zero-order chi connectivity index (χ0) is 10.8. The van der Waals surface area contributed by atoms with Crippen molar-refractivity contribution in [1.29, 1.82) is 0 Å². The zero-order valence-corrected chi connectivity index (χ0v) is 9.98. The van der Waals surface area contributed by atoms with Crippen molar-refractivity contribution in [2.24, 2.45) is 0 Å². The minimum absolute atomic E-state index is 0. The first-order valence-electron chi connectivity index (χ1n) is 5.23. The van der Waals surface area contributed by atoms with Crippen LogP contribution in [-0.4, -0.2) is 28.6 Å². The molecule has 0 spiro atoms. The molecular weight excluding hydrogens is 226 g/mol. The summed E-state index contributed by atoms with van der Waals surface area (Å²) in [5.41, 5.74) is 1.18. The molecule has 0 aromatic heterocycles. The molecule has 1 fully saturated rings. The summed E-state index contributed by atoms with van der Waals surface area (Å²) in [6.45, 7) is 2.94. The number of carboxylic acid groups (broad SMARTS) is 1. The zero-order valence-electron chi connectivity index (χ0n) is 9.17. The number of carboxylic acids is 1. The molecule has 88 valence electrons. The third kappa shape index (κ3) is 2.36. The van der Waals surface area contributed by atoms with Crippen LogP contribution in [0, 0.1) is 0 Å². The van der Waals surface area contributed by atoms with Gasteiger partial charge in [-0.25, -0.2) is 0 Å². The standard InChI is InChI=1S/C12H15NO2.ClH/c1-9(10-5-3-2-4-6-10)13-8-7-11(13)12(14)15;/h2-6,9,11H,7-8H2,1H3,(H,14,15);1H/t9-,11+;/m0./s1. The summed E-state index contributed by atoms with van der Waals surface area (Å²) in [4.78, 5) is 12.9. The second kappa shape index (κ2) is 5.32. The van der Waals surface area contributed by atoms with E-state index in [1.54, 1.807) is 0 Å². The van der Waals surface area contributed by atoms with E-state index in [1.165, 1.54) is 5.56 Å². The van der Waals surface area contributed by atoms with E-state index in [9.17, 15) is 4.79 Å². The number of hydrogen-bond donors (Lipinski definition) is 1. The normalized spacial score (nSPS) is 21.7. The lowest BCUT2D eigenvalue weighted by Gasteiger charge is -2.42. The van der Waals surface area contributed by atoms with Crippen LogP contribution < -0.4 is 0 Å². The fourth-order valence-corrected chi connectivity index (χ4v) is 2.06. The van der Waals surface area contributed by atoms with E-state index in [0.717, 1.165) is 13.0 Å². The summed E-state index contributed by atoms with van der Waals surface area (Å²) in [5.74, 6) is -0.705. The predicted octanol–water partition coefficient (Wildman–Crippen LogP) is 2.33. The Balaban J connectivity index is 0.00000128. The fourth-order valence-electron chi connectivity index (χ4n) is 2.06. The highest BCUT2D eigenvalue weighted by molar-refractivity contribution is 5.85. The number of halogens is 1. The van der Waals surface area contributed by atoms with Crippen LogP contribution >= 0.6 is 12.4 Å². The summed E-state index contributed by atoms with van der Waals surface area (Å²) in [5, 5.41) is 8.96. The van der Waals surface area contributed by atoms with Gasteiger partial charge in [-0.1, -0.05) is 30.3 Å². The third-order valence-corrected chi connectivity index (χ3v) is 3.13. The SMILES string of the molecule is C[C@@H](c1ccccc1)N1CC[C@@H]1C(=O)O.Cl. The second-order valence-corrected chi connectivity index (χ2v) is 3.97. The number of carbonyl (C=O) groups is 1. The molecule has 1 saturated heterocycles. The van der Waals surface area contributed by atoms with Gasteiger partial charge in [0.25, 0.3) is 0 Å². The van der Waals surface area contributed by atoms with E-state index < -0.39 is 5.97 Å². The van der Waals surface area contributed by atoms with Crippen LogP contribution in [0.3, 0.4) is 0 Å². The molecule has 0 radical (unpaired) electrons. The van der Waals surface area contributed by atoms with Crippen LogP contribution in [-0.2, 0) is 4.79 Å². The predicted molar refractivity (Wildman–Crippen MR) is 64.9 cm³/mol. The Bertz CT molecular complexity index is 355. The van der Waals surface area contributed by atoms with Crippen LogP contribution in [0.5, 0.6) is 0 Å². The van der Waals surface area contributed by atoms with E-state index >= 15 is 0 Å². The van der Waals surface area contributed by atoms with Gasteiger partial charge >= 0.3 is 5.97 Å². The van der Waals surface area contributed by atoms with Gasteiger partial charge < -0.3 is 5.11 Å². The maximum atomic E-state index is 10.9. The molecule has 0 unspecified atom stereocenters. The van der Waals surface area contributed by atoms with Crippen molar-refractivity contribution in [3.05, 3.63) is 35.9 Å². The average molecular weight is 242 g/mol. The number of rotatable bonds is 3. The number of aliphatic carboxylic acids is 1. The Morgan fingerprint density at radius 2 is 2.06 bits per heavy atom. The summed E-state index contributed by atoms with van der Waals surface area (Å²) >= 11 is 0. The van der Waals surface area contributed by atoms with Crippen molar-refractivity contribution >= 4 is 18.4 Å². The highest BCUT2D eigenvalue weighted by Crippen LogP contribution is 2.29. The van der Waals surface area contributed by atoms with Gasteiger partial charge in [-0.3, -0.25) is 9.69 Å². The van der Waals surface area contributed by atoms with Crippen LogP contribution in [0.25, 0.3) is 0 Å². The van der Waals surface area contributed by atoms with Gasteiger partial charge in [0.15, 0.2) is 0 Å². The van der Waals surface area contributed by atoms with Crippen LogP contribution in [0.1, 0.15) is 24.9 Å². The van der Waals surface area contributed by atoms with Crippen molar-refractivity contribution in [2.75, 3.05) is 6.54 Å². The van der Waals surface area contributed by atoms with Crippen LogP contribution in [0.2, 0.25) is 0 Å². The third-order valence-electron chi connectivity index (χ3n) is 3.13. The van der Waals surface area contributed by atoms with Crippen molar-refractivity contribution in [3.63, 3.8) is 0 Å². The first-order valence-corrected chi connectivity index (χ1v) is 5.23. The summed E-state index contributed by atoms with van der Waals surface area (Å²) in [6.07, 6.45) is 0.770. The van der Waals surface area contributed by atoms with Gasteiger partial charge in [0.05, 0.1) is 0 Å². The molecule has 0 bridgehead atoms. The quantitative estimate of drug-likeness (QED) is 0.883. The summed E-state index contributed by atoms with van der Waals surface area (Å²) in [7, 11) is 0. The van der Waals surface area contributed by atoms with Gasteiger partial charge in [-0.05, 0) is 18.9 Å². The van der Waals surface area contributed by atoms with Crippen molar-refractivity contribution in [1.82, 2.24) is 4.90 Å². The summed E-state index contributed by atoms with van der Waals surface area (Å²) in [6, 6.07) is 9.94. The molecule has 1 N–H and O–H groups in total. The number of hydrogen-bond acceptors (Lipinski definition) is 2. The molecule has 0 amide bonds. The van der Waals surface area contributed by atoms with Gasteiger partial charge in [-0.2, -0.15) is 0 Å². The molecule has 3 nitrogen and oxygen atoms in total. The Labute approximate surface area is 101 Å². The van der Waals surface area contributed by atoms with E-state index in [1.807, 2.05) is 35.2 Å². The maximum absolute atomic E-state index is 10.9. The lowest BCUT2D eigenvalue weighted by atomic mass is 9.96. The minimum atomic E-state index is -0.705. The van der Waals surface area contributed by atoms with Gasteiger partial charge in [0.2, 0.25) is 0 Å². The van der Waals surface area contributed by atoms with Crippen LogP contribution in [0.4, 0.5) is 0 Å². The van der Waals surface area contributed by atoms with Crippen LogP contribution in [0.15, 0.2) is 30.3 Å². The highest BCUT2D eigenvalue weighted by atomic mass is 35.5. The highest BCUT2D eigenvalue weighted by Gasteiger charge is 2.37.